The van der Waals surface area contributed by atoms with E-state index in [1.165, 1.54) is 24.7 Å². The van der Waals surface area contributed by atoms with Gasteiger partial charge >= 0.3 is 42.1 Å². The topological polar surface area (TPSA) is 303 Å². The Balaban J connectivity index is 0.000000372. The molecule has 90 heavy (non-hydrogen) atoms. The maximum atomic E-state index is 12.3. The van der Waals surface area contributed by atoms with Crippen molar-refractivity contribution in [3.63, 3.8) is 0 Å². The Morgan fingerprint density at radius 1 is 0.733 bits per heavy atom. The number of carbonyl (C=O) groups excluding carboxylic acids is 10. The standard InChI is InChI=1S/C17H22N2O5.C10H12O2.C8H10Cl3NO2.C8H12N2O2.C7H8Cl3NO2.C7H13NO2.CO2.ClH.H2S/c1-17(15(21)23-2)9-6-10-19(17)14(20)11-18-16(22)24-12-13-7-4-3-5-8-13;11-10(12)8-4-7-9-5-2-1-3-6-9;1-7-3-2-4-12(7)5(8(9,10)11)14-6(7)13;1-8-3-2-4-10(8)6(11)5-9-7(8)12;8-7(9,10)6-11-3-1-2-4(11)5(12)13-6;1-7(6(9)10-2)4-3-5-8-7;2-1-3;;/h3-5,7-8H,6,9-12H2,1-2H3,(H,18,22);1-3,5-6H,4,7-8H2,(H,11,12);5H,2-4H2,1H3;2-5H2,1H3,(H,9,12);4,6H,1-3H2;8H,3-5H2,1-2H3;;1H;1H2/t17-;;5-,7+;8-;4-,6+;7-;;;/m0.1000.../s1. The average molecular weight is 1430 g/mol. The summed E-state index contributed by atoms with van der Waals surface area (Å²) in [6, 6.07) is 19.0. The molecule has 4 amide bonds. The molecule has 7 atom stereocenters. The number of likely N-dealkylation sites (tertiary alicyclic amines) is 1. The molecule has 4 N–H and O–H groups in total. The molecule has 0 aromatic heterocycles. The van der Waals surface area contributed by atoms with Crippen LogP contribution >= 0.6 is 95.5 Å². The van der Waals surface area contributed by atoms with Crippen molar-refractivity contribution in [1.82, 2.24) is 35.6 Å². The van der Waals surface area contributed by atoms with Gasteiger partial charge in [0, 0.05) is 32.6 Å². The predicted octanol–water partition coefficient (Wildman–Crippen LogP) is 7.11. The van der Waals surface area contributed by atoms with Gasteiger partial charge in [-0.15, -0.1) is 12.4 Å². The van der Waals surface area contributed by atoms with Crippen LogP contribution < -0.4 is 16.0 Å². The number of hydrogen-bond donors (Lipinski definition) is 4. The Hall–Kier alpha value is -4.89. The maximum Gasteiger partial charge on any atom is 0.407 e. The number of rotatable bonds is 10. The van der Waals surface area contributed by atoms with Crippen molar-refractivity contribution in [2.75, 3.05) is 60.0 Å². The molecule has 2 aromatic rings. The van der Waals surface area contributed by atoms with Crippen LogP contribution in [0.5, 0.6) is 0 Å². The number of nitrogens with zero attached hydrogens (tertiary/aromatic N) is 4. The van der Waals surface area contributed by atoms with Crippen molar-refractivity contribution in [3.05, 3.63) is 71.8 Å². The summed E-state index contributed by atoms with van der Waals surface area (Å²) < 4.78 is 21.4. The Morgan fingerprint density at radius 3 is 1.84 bits per heavy atom. The summed E-state index contributed by atoms with van der Waals surface area (Å²) in [6.07, 6.45) is 8.36. The van der Waals surface area contributed by atoms with Gasteiger partial charge in [-0.05, 0) is 122 Å². The summed E-state index contributed by atoms with van der Waals surface area (Å²) in [4.78, 5) is 126. The van der Waals surface area contributed by atoms with E-state index in [2.05, 4.69) is 20.7 Å². The number of halogens is 7. The van der Waals surface area contributed by atoms with Gasteiger partial charge in [-0.25, -0.2) is 19.3 Å². The number of hydrogen-bond acceptors (Lipinski definition) is 19. The van der Waals surface area contributed by atoms with E-state index in [1.54, 1.807) is 11.8 Å². The number of carboxylic acids is 1. The Morgan fingerprint density at radius 2 is 1.30 bits per heavy atom. The molecular weight excluding hydrogens is 1350 g/mol. The first-order valence-electron chi connectivity index (χ1n) is 28.4. The number of fused-ring (bicyclic) bond motifs is 3. The van der Waals surface area contributed by atoms with E-state index in [1.807, 2.05) is 91.2 Å². The number of ether oxygens (including phenoxy) is 5. The zero-order valence-electron chi connectivity index (χ0n) is 50.8. The molecule has 8 aliphatic heterocycles. The molecule has 2 aromatic carbocycles. The number of piperazine rings is 1. The molecule has 8 fully saturated rings. The smallest absolute Gasteiger partial charge is 0.407 e. The third-order valence-electron chi connectivity index (χ3n) is 16.0. The second-order valence-electron chi connectivity index (χ2n) is 22.2. The summed E-state index contributed by atoms with van der Waals surface area (Å²) in [5.74, 6) is -2.15. The number of nitrogens with one attached hydrogen (secondary N) is 3. The first-order chi connectivity index (χ1) is 41.4. The number of alkyl carbamates (subject to hydrolysis) is 1. The predicted molar refractivity (Wildman–Crippen MR) is 340 cm³/mol. The van der Waals surface area contributed by atoms with Crippen LogP contribution in [0.25, 0.3) is 0 Å². The quantitative estimate of drug-likeness (QED) is 0.105. The summed E-state index contributed by atoms with van der Waals surface area (Å²) in [7, 11) is 2.72. The van der Waals surface area contributed by atoms with Crippen molar-refractivity contribution in [1.29, 1.82) is 0 Å². The normalized spacial score (nSPS) is 25.9. The van der Waals surface area contributed by atoms with Gasteiger partial charge in [-0.2, -0.15) is 23.1 Å². The summed E-state index contributed by atoms with van der Waals surface area (Å²) in [5, 5.41) is 16.5. The number of amides is 4. The van der Waals surface area contributed by atoms with Gasteiger partial charge in [0.25, 0.3) is 0 Å². The molecule has 0 unspecified atom stereocenters. The molecule has 10 rings (SSSR count). The molecule has 0 saturated carbocycles. The highest BCUT2D eigenvalue weighted by Gasteiger charge is 2.60. The number of cyclic esters (lactones) is 2. The average Bonchev–Trinajstić information content (AvgIpc) is 2.09. The molecule has 0 bridgehead atoms. The van der Waals surface area contributed by atoms with Crippen molar-refractivity contribution >= 4 is 155 Å². The Kier molecular flexibility index (Phi) is 33.5. The number of carbonyl (C=O) groups is 9. The van der Waals surface area contributed by atoms with E-state index in [9.17, 15) is 43.2 Å². The fourth-order valence-electron chi connectivity index (χ4n) is 11.2. The van der Waals surface area contributed by atoms with Crippen LogP contribution in [0.15, 0.2) is 60.7 Å². The number of aryl methyl sites for hydroxylation is 1. The molecule has 32 heteroatoms. The van der Waals surface area contributed by atoms with Crippen LogP contribution in [0.1, 0.15) is 116 Å². The molecule has 0 radical (unpaired) electrons. The molecular formula is C58H80Cl7N7O17S. The highest BCUT2D eigenvalue weighted by Crippen LogP contribution is 2.46. The largest absolute Gasteiger partial charge is 0.481 e. The van der Waals surface area contributed by atoms with E-state index >= 15 is 0 Å². The van der Waals surface area contributed by atoms with Gasteiger partial charge < -0.3 is 54.5 Å². The number of esters is 4. The molecule has 504 valence electrons. The third-order valence-corrected chi connectivity index (χ3v) is 17.1. The summed E-state index contributed by atoms with van der Waals surface area (Å²) in [6.45, 7) is 10.9. The fourth-order valence-corrected chi connectivity index (χ4v) is 12.2. The lowest BCUT2D eigenvalue weighted by molar-refractivity contribution is -0.192. The molecule has 24 nitrogen and oxygen atoms in total. The van der Waals surface area contributed by atoms with Crippen LogP contribution in [0.2, 0.25) is 0 Å². The number of benzene rings is 2. The lowest BCUT2D eigenvalue weighted by Gasteiger charge is -2.37. The van der Waals surface area contributed by atoms with Crippen LogP contribution in [-0.2, 0) is 84.7 Å². The van der Waals surface area contributed by atoms with Gasteiger partial charge in [0.15, 0.2) is 0 Å². The van der Waals surface area contributed by atoms with E-state index in [0.717, 1.165) is 102 Å². The highest BCUT2D eigenvalue weighted by atomic mass is 35.6. The van der Waals surface area contributed by atoms with Gasteiger partial charge in [-0.3, -0.25) is 33.7 Å². The van der Waals surface area contributed by atoms with Crippen molar-refractivity contribution in [3.8, 4) is 0 Å². The Bertz CT molecular complexity index is 2770. The van der Waals surface area contributed by atoms with E-state index in [4.69, 9.17) is 103 Å². The summed E-state index contributed by atoms with van der Waals surface area (Å²) >= 11 is 34.3. The molecule has 0 spiro atoms. The van der Waals surface area contributed by atoms with Gasteiger partial charge in [0.1, 0.15) is 41.3 Å². The zero-order valence-corrected chi connectivity index (χ0v) is 57.2. The van der Waals surface area contributed by atoms with Crippen LogP contribution in [0.3, 0.4) is 0 Å². The third kappa shape index (κ3) is 22.4. The SMILES string of the molecule is COC(=O)[C@]1(C)CCCN1.COC(=O)[C@]1(C)CCCN1C(=O)CNC(=O)OCc1ccccc1.C[C@@]12CCCN1C(=O)CNC2=O.C[C@@]12CCCN1[C@@H](C(Cl)(Cl)Cl)OC2=O.Cl.O=C(O)CCCc1ccccc1.O=C1O[C@H](C(Cl)(Cl)Cl)N2CCC[C@@H]12.O=C=O.S. The van der Waals surface area contributed by atoms with Gasteiger partial charge in [0.2, 0.25) is 37.8 Å². The van der Waals surface area contributed by atoms with Gasteiger partial charge in [0.05, 0.1) is 20.8 Å². The lowest BCUT2D eigenvalue weighted by atomic mass is 9.96. The van der Waals surface area contributed by atoms with Crippen molar-refractivity contribution in [2.24, 2.45) is 0 Å². The monoisotopic (exact) mass is 1420 g/mol. The Labute approximate surface area is 566 Å². The minimum atomic E-state index is -1.57. The van der Waals surface area contributed by atoms with Crippen molar-refractivity contribution in [2.45, 2.75) is 166 Å². The van der Waals surface area contributed by atoms with E-state index < -0.39 is 60.2 Å². The second kappa shape index (κ2) is 37.1. The number of methoxy groups -OCH3 is 2. The minimum Gasteiger partial charge on any atom is -0.481 e. The number of alkyl halides is 6. The lowest BCUT2D eigenvalue weighted by Crippen LogP contribution is -2.62. The van der Waals surface area contributed by atoms with Crippen LogP contribution in [-0.4, -0.2) is 193 Å². The molecule has 8 heterocycles. The highest BCUT2D eigenvalue weighted by molar-refractivity contribution is 7.59. The number of carboxylic acid groups (broad SMARTS) is 1. The zero-order chi connectivity index (χ0) is 65.7. The maximum absolute atomic E-state index is 12.3. The van der Waals surface area contributed by atoms with Crippen LogP contribution in [0, 0.1) is 0 Å². The number of aliphatic carboxylic acids is 1. The molecule has 8 saturated heterocycles. The van der Waals surface area contributed by atoms with Gasteiger partial charge in [-0.1, -0.05) is 130 Å². The van der Waals surface area contributed by atoms with Crippen molar-refractivity contribution < 1.29 is 81.5 Å². The molecule has 8 aliphatic rings. The van der Waals surface area contributed by atoms with Crippen LogP contribution in [0.4, 0.5) is 4.79 Å². The van der Waals surface area contributed by atoms with E-state index in [-0.39, 0.29) is 99.8 Å². The molecule has 0 aliphatic carbocycles. The summed E-state index contributed by atoms with van der Waals surface area (Å²) in [5.41, 5.74) is -0.448. The first kappa shape index (κ1) is 81.2. The fraction of sp³-hybridized carbons (Fsp3) is 0.621. The first-order valence-corrected chi connectivity index (χ1v) is 30.7. The minimum absolute atomic E-state index is 0. The second-order valence-corrected chi connectivity index (χ2v) is 26.9. The van der Waals surface area contributed by atoms with E-state index in [0.29, 0.717) is 13.0 Å².